The second kappa shape index (κ2) is 5.13. The fourth-order valence-electron chi connectivity index (χ4n) is 2.21. The van der Waals surface area contributed by atoms with Crippen molar-refractivity contribution in [3.63, 3.8) is 0 Å². The summed E-state index contributed by atoms with van der Waals surface area (Å²) in [6.07, 6.45) is 0. The van der Waals surface area contributed by atoms with Gasteiger partial charge in [0.15, 0.2) is 0 Å². The summed E-state index contributed by atoms with van der Waals surface area (Å²) in [4.78, 5) is 13.7. The number of phenols is 1. The van der Waals surface area contributed by atoms with E-state index in [0.717, 1.165) is 16.7 Å². The van der Waals surface area contributed by atoms with Gasteiger partial charge in [0.2, 0.25) is 5.91 Å². The standard InChI is InChI=1S/C13H16BrNO2S/c1-7-4-10(5-8(2)12(7)17)13-15(9(3)14)11(16)6-18-13/h4-5,9,13,17H,6H2,1-3H3. The number of rotatable bonds is 2. The predicted molar refractivity (Wildman–Crippen MR) is 78.0 cm³/mol. The van der Waals surface area contributed by atoms with Crippen LogP contribution in [0.3, 0.4) is 0 Å². The van der Waals surface area contributed by atoms with E-state index in [2.05, 4.69) is 15.9 Å². The Labute approximate surface area is 120 Å². The number of hydrogen-bond donors (Lipinski definition) is 1. The van der Waals surface area contributed by atoms with Crippen molar-refractivity contribution in [2.75, 3.05) is 5.75 Å². The Morgan fingerprint density at radius 2 is 2.00 bits per heavy atom. The molecule has 1 heterocycles. The lowest BCUT2D eigenvalue weighted by atomic mass is 10.1. The maximum atomic E-state index is 11.9. The first kappa shape index (κ1) is 13.7. The van der Waals surface area contributed by atoms with Crippen LogP contribution in [0.25, 0.3) is 0 Å². The highest BCUT2D eigenvalue weighted by atomic mass is 79.9. The first-order valence-electron chi connectivity index (χ1n) is 5.78. The van der Waals surface area contributed by atoms with Crippen molar-refractivity contribution in [2.45, 2.75) is 31.1 Å². The molecule has 18 heavy (non-hydrogen) atoms. The van der Waals surface area contributed by atoms with Gasteiger partial charge in [-0.3, -0.25) is 4.79 Å². The van der Waals surface area contributed by atoms with Crippen LogP contribution >= 0.6 is 27.7 Å². The molecule has 0 aliphatic carbocycles. The summed E-state index contributed by atoms with van der Waals surface area (Å²) < 4.78 is 0. The van der Waals surface area contributed by atoms with Crippen molar-refractivity contribution < 1.29 is 9.90 Å². The lowest BCUT2D eigenvalue weighted by molar-refractivity contribution is -0.128. The van der Waals surface area contributed by atoms with Gasteiger partial charge < -0.3 is 10.0 Å². The molecule has 1 aromatic rings. The number of benzene rings is 1. The van der Waals surface area contributed by atoms with Crippen molar-refractivity contribution in [3.05, 3.63) is 28.8 Å². The number of halogens is 1. The molecular weight excluding hydrogens is 314 g/mol. The SMILES string of the molecule is Cc1cc(C2SCC(=O)N2C(C)Br)cc(C)c1O. The van der Waals surface area contributed by atoms with Gasteiger partial charge in [0.1, 0.15) is 11.1 Å². The summed E-state index contributed by atoms with van der Waals surface area (Å²) >= 11 is 5.10. The molecule has 1 aliphatic heterocycles. The highest BCUT2D eigenvalue weighted by molar-refractivity contribution is 9.09. The number of hydrogen-bond acceptors (Lipinski definition) is 3. The Kier molecular flexibility index (Phi) is 3.92. The number of carbonyl (C=O) groups is 1. The third-order valence-corrected chi connectivity index (χ3v) is 4.76. The summed E-state index contributed by atoms with van der Waals surface area (Å²) in [6.45, 7) is 5.72. The maximum absolute atomic E-state index is 11.9. The Morgan fingerprint density at radius 3 is 2.50 bits per heavy atom. The molecule has 5 heteroatoms. The minimum Gasteiger partial charge on any atom is -0.507 e. The quantitative estimate of drug-likeness (QED) is 0.668. The molecule has 2 atom stereocenters. The number of nitrogens with zero attached hydrogens (tertiary/aromatic N) is 1. The van der Waals surface area contributed by atoms with Crippen LogP contribution in [-0.2, 0) is 4.79 Å². The van der Waals surface area contributed by atoms with Gasteiger partial charge in [-0.2, -0.15) is 0 Å². The Balaban J connectivity index is 2.40. The summed E-state index contributed by atoms with van der Waals surface area (Å²) in [5.41, 5.74) is 2.78. The van der Waals surface area contributed by atoms with Crippen LogP contribution in [0, 0.1) is 13.8 Å². The predicted octanol–water partition coefficient (Wildman–Crippen LogP) is 3.32. The minimum atomic E-state index is 0.0133. The van der Waals surface area contributed by atoms with Gasteiger partial charge in [-0.1, -0.05) is 15.9 Å². The van der Waals surface area contributed by atoms with Crippen LogP contribution in [0.4, 0.5) is 0 Å². The van der Waals surface area contributed by atoms with Gasteiger partial charge in [-0.25, -0.2) is 0 Å². The number of aromatic hydroxyl groups is 1. The van der Waals surface area contributed by atoms with Crippen molar-refractivity contribution in [1.29, 1.82) is 0 Å². The molecule has 3 nitrogen and oxygen atoms in total. The Hall–Kier alpha value is -0.680. The van der Waals surface area contributed by atoms with Crippen LogP contribution in [-0.4, -0.2) is 26.6 Å². The molecule has 1 saturated heterocycles. The molecule has 1 N–H and O–H groups in total. The number of aryl methyl sites for hydroxylation is 2. The second-order valence-corrected chi connectivity index (χ2v) is 6.94. The molecular formula is C13H16BrNO2S. The average Bonchev–Trinajstić information content (AvgIpc) is 2.67. The van der Waals surface area contributed by atoms with Crippen LogP contribution in [0.5, 0.6) is 5.75 Å². The molecule has 0 spiro atoms. The third kappa shape index (κ3) is 2.38. The van der Waals surface area contributed by atoms with E-state index in [-0.39, 0.29) is 16.2 Å². The number of phenolic OH excluding ortho intramolecular Hbond substituents is 1. The van der Waals surface area contributed by atoms with E-state index in [9.17, 15) is 9.90 Å². The van der Waals surface area contributed by atoms with E-state index in [0.29, 0.717) is 11.5 Å². The molecule has 1 aliphatic rings. The Bertz CT molecular complexity index is 467. The van der Waals surface area contributed by atoms with E-state index in [1.165, 1.54) is 0 Å². The highest BCUT2D eigenvalue weighted by Gasteiger charge is 2.35. The normalized spacial score (nSPS) is 21.4. The van der Waals surface area contributed by atoms with E-state index in [1.54, 1.807) is 11.8 Å². The minimum absolute atomic E-state index is 0.0133. The molecule has 2 rings (SSSR count). The van der Waals surface area contributed by atoms with Crippen molar-refractivity contribution in [2.24, 2.45) is 0 Å². The zero-order chi connectivity index (χ0) is 13.4. The van der Waals surface area contributed by atoms with E-state index in [4.69, 9.17) is 0 Å². The molecule has 0 bridgehead atoms. The van der Waals surface area contributed by atoms with Gasteiger partial charge in [0, 0.05) is 0 Å². The van der Waals surface area contributed by atoms with Crippen LogP contribution in [0.2, 0.25) is 0 Å². The van der Waals surface area contributed by atoms with Crippen molar-refractivity contribution in [1.82, 2.24) is 4.90 Å². The fourth-order valence-corrected chi connectivity index (χ4v) is 4.07. The fraction of sp³-hybridized carbons (Fsp3) is 0.462. The summed E-state index contributed by atoms with van der Waals surface area (Å²) in [5.74, 6) is 1.00. The second-order valence-electron chi connectivity index (χ2n) is 4.54. The number of thioether (sulfide) groups is 1. The Morgan fingerprint density at radius 1 is 1.44 bits per heavy atom. The third-order valence-electron chi connectivity index (χ3n) is 3.09. The highest BCUT2D eigenvalue weighted by Crippen LogP contribution is 2.42. The smallest absolute Gasteiger partial charge is 0.234 e. The molecule has 1 amide bonds. The molecule has 0 radical (unpaired) electrons. The number of alkyl halides is 1. The summed E-state index contributed by atoms with van der Waals surface area (Å²) in [7, 11) is 0. The van der Waals surface area contributed by atoms with Crippen molar-refractivity contribution in [3.8, 4) is 5.75 Å². The van der Waals surface area contributed by atoms with Gasteiger partial charge in [-0.05, 0) is 49.6 Å². The first-order chi connectivity index (χ1) is 8.41. The van der Waals surface area contributed by atoms with Gasteiger partial charge in [0.25, 0.3) is 0 Å². The maximum Gasteiger partial charge on any atom is 0.234 e. The molecule has 0 aromatic heterocycles. The summed E-state index contributed by atoms with van der Waals surface area (Å²) in [6, 6.07) is 3.92. The lowest BCUT2D eigenvalue weighted by Crippen LogP contribution is -2.32. The van der Waals surface area contributed by atoms with E-state index >= 15 is 0 Å². The monoisotopic (exact) mass is 329 g/mol. The van der Waals surface area contributed by atoms with E-state index in [1.807, 2.05) is 37.8 Å². The van der Waals surface area contributed by atoms with Crippen molar-refractivity contribution >= 4 is 33.6 Å². The largest absolute Gasteiger partial charge is 0.507 e. The van der Waals surface area contributed by atoms with Gasteiger partial charge in [0.05, 0.1) is 10.7 Å². The van der Waals surface area contributed by atoms with Crippen LogP contribution < -0.4 is 0 Å². The van der Waals surface area contributed by atoms with Crippen LogP contribution in [0.15, 0.2) is 12.1 Å². The molecule has 98 valence electrons. The molecule has 1 fully saturated rings. The van der Waals surface area contributed by atoms with Crippen LogP contribution in [0.1, 0.15) is 29.0 Å². The lowest BCUT2D eigenvalue weighted by Gasteiger charge is -2.27. The molecule has 0 saturated carbocycles. The first-order valence-corrected chi connectivity index (χ1v) is 7.75. The van der Waals surface area contributed by atoms with E-state index < -0.39 is 0 Å². The zero-order valence-electron chi connectivity index (χ0n) is 10.6. The summed E-state index contributed by atoms with van der Waals surface area (Å²) in [5, 5.41) is 9.84. The number of carbonyl (C=O) groups excluding carboxylic acids is 1. The molecule has 2 unspecified atom stereocenters. The van der Waals surface area contributed by atoms with Gasteiger partial charge in [-0.15, -0.1) is 11.8 Å². The van der Waals surface area contributed by atoms with Gasteiger partial charge >= 0.3 is 0 Å². The number of amides is 1. The topological polar surface area (TPSA) is 40.5 Å². The zero-order valence-corrected chi connectivity index (χ0v) is 13.0. The molecule has 1 aromatic carbocycles. The average molecular weight is 330 g/mol.